The third-order valence-corrected chi connectivity index (χ3v) is 6.72. The van der Waals surface area contributed by atoms with Gasteiger partial charge in [-0.3, -0.25) is 19.2 Å². The monoisotopic (exact) mass is 501 g/mol. The smallest absolute Gasteiger partial charge is 0.246 e. The van der Waals surface area contributed by atoms with Gasteiger partial charge in [0.2, 0.25) is 17.7 Å². The zero-order valence-electron chi connectivity index (χ0n) is 22.7. The highest BCUT2D eigenvalue weighted by atomic mass is 16.2. The van der Waals surface area contributed by atoms with Crippen molar-refractivity contribution in [3.63, 3.8) is 0 Å². The molecule has 1 aliphatic heterocycles. The highest BCUT2D eigenvalue weighted by Gasteiger charge is 2.45. The first-order chi connectivity index (χ1) is 16.9. The number of Topliss-reactive ketones (excluding diaryl/α,β-unsaturated/α-hetero) is 1. The minimum absolute atomic E-state index is 0.0106. The fraction of sp³-hybridized carbons (Fsp3) is 0.630. The molecule has 5 atom stereocenters. The summed E-state index contributed by atoms with van der Waals surface area (Å²) >= 11 is 0. The van der Waals surface area contributed by atoms with Gasteiger partial charge in [-0.25, -0.2) is 0 Å². The van der Waals surface area contributed by atoms with Gasteiger partial charge in [-0.05, 0) is 37.8 Å². The quantitative estimate of drug-likeness (QED) is 0.365. The van der Waals surface area contributed by atoms with Gasteiger partial charge in [-0.15, -0.1) is 0 Å². The normalized spacial score (nSPS) is 20.4. The number of nitrogens with zero attached hydrogens (tertiary/aromatic N) is 1. The van der Waals surface area contributed by atoms with Gasteiger partial charge in [0.15, 0.2) is 5.78 Å². The Morgan fingerprint density at radius 2 is 1.75 bits per heavy atom. The van der Waals surface area contributed by atoms with Crippen LogP contribution in [0.1, 0.15) is 66.0 Å². The highest BCUT2D eigenvalue weighted by molar-refractivity contribution is 5.95. The molecular formula is C27H43N5O4. The van der Waals surface area contributed by atoms with E-state index in [2.05, 4.69) is 28.2 Å². The fourth-order valence-corrected chi connectivity index (χ4v) is 4.51. The summed E-state index contributed by atoms with van der Waals surface area (Å²) in [4.78, 5) is 53.1. The molecule has 0 spiro atoms. The molecule has 1 saturated heterocycles. The number of benzene rings is 1. The standard InChI is InChI=1S/C27H43N5O4/c1-8-21(19-12-10-9-11-13-19)29-15-23(34)22-14-20(30-18(3)33)16-32(22)26(36)24(27(4,5)6)31-25(35)17(2)28-7/h9-13,17,20-22,24,28-29H,8,14-16H2,1-7H3,(H,30,33)(H,31,35)/t17-,20-,21+,22-,24?/m0/s1. The van der Waals surface area contributed by atoms with Crippen molar-refractivity contribution in [2.75, 3.05) is 20.1 Å². The van der Waals surface area contributed by atoms with Crippen LogP contribution in [0.15, 0.2) is 30.3 Å². The predicted molar refractivity (Wildman–Crippen MR) is 140 cm³/mol. The van der Waals surface area contributed by atoms with Crippen LogP contribution in [0.5, 0.6) is 0 Å². The van der Waals surface area contributed by atoms with Crippen molar-refractivity contribution in [2.24, 2.45) is 5.41 Å². The van der Waals surface area contributed by atoms with Crippen molar-refractivity contribution < 1.29 is 19.2 Å². The number of hydrogen-bond donors (Lipinski definition) is 4. The molecule has 0 saturated carbocycles. The van der Waals surface area contributed by atoms with Crippen molar-refractivity contribution in [1.82, 2.24) is 26.2 Å². The highest BCUT2D eigenvalue weighted by Crippen LogP contribution is 2.27. The first-order valence-electron chi connectivity index (χ1n) is 12.7. The van der Waals surface area contributed by atoms with E-state index in [-0.39, 0.29) is 48.7 Å². The Bertz CT molecular complexity index is 914. The average Bonchev–Trinajstić information content (AvgIpc) is 3.24. The van der Waals surface area contributed by atoms with E-state index < -0.39 is 23.5 Å². The van der Waals surface area contributed by atoms with Crippen molar-refractivity contribution in [2.45, 2.75) is 84.6 Å². The molecule has 0 radical (unpaired) electrons. The zero-order valence-corrected chi connectivity index (χ0v) is 22.7. The topological polar surface area (TPSA) is 120 Å². The Morgan fingerprint density at radius 1 is 1.11 bits per heavy atom. The van der Waals surface area contributed by atoms with Gasteiger partial charge in [-0.1, -0.05) is 58.0 Å². The number of amides is 3. The number of hydrogen-bond acceptors (Lipinski definition) is 6. The van der Waals surface area contributed by atoms with E-state index in [1.165, 1.54) is 11.8 Å². The molecule has 200 valence electrons. The summed E-state index contributed by atoms with van der Waals surface area (Å²) in [6.45, 7) is 11.1. The molecule has 1 fully saturated rings. The van der Waals surface area contributed by atoms with Crippen molar-refractivity contribution >= 4 is 23.5 Å². The molecule has 2 rings (SSSR count). The van der Waals surface area contributed by atoms with Crippen LogP contribution in [0.4, 0.5) is 0 Å². The molecule has 4 N–H and O–H groups in total. The van der Waals surface area contributed by atoms with Crippen molar-refractivity contribution in [1.29, 1.82) is 0 Å². The van der Waals surface area contributed by atoms with Gasteiger partial charge in [0, 0.05) is 25.6 Å². The second-order valence-corrected chi connectivity index (χ2v) is 10.7. The second kappa shape index (κ2) is 13.0. The molecule has 0 aliphatic carbocycles. The lowest BCUT2D eigenvalue weighted by atomic mass is 9.85. The van der Waals surface area contributed by atoms with Crippen LogP contribution in [0.2, 0.25) is 0 Å². The van der Waals surface area contributed by atoms with E-state index in [0.717, 1.165) is 12.0 Å². The molecule has 9 heteroatoms. The third-order valence-electron chi connectivity index (χ3n) is 6.72. The summed E-state index contributed by atoms with van der Waals surface area (Å²) in [6, 6.07) is 7.61. The van der Waals surface area contributed by atoms with E-state index in [9.17, 15) is 19.2 Å². The van der Waals surface area contributed by atoms with Gasteiger partial charge in [0.05, 0.1) is 18.6 Å². The SMILES string of the molecule is CC[C@@H](NCC(=O)[C@@H]1C[C@H](NC(C)=O)CN1C(=O)C(NC(=O)[C@H](C)NC)C(C)(C)C)c1ccccc1. The summed E-state index contributed by atoms with van der Waals surface area (Å²) in [7, 11) is 1.68. The number of nitrogens with one attached hydrogen (secondary N) is 4. The molecule has 3 amide bonds. The van der Waals surface area contributed by atoms with Gasteiger partial charge in [-0.2, -0.15) is 0 Å². The number of carbonyl (C=O) groups is 4. The lowest BCUT2D eigenvalue weighted by molar-refractivity contribution is -0.143. The summed E-state index contributed by atoms with van der Waals surface area (Å²) in [5.74, 6) is -0.938. The van der Waals surface area contributed by atoms with Crippen LogP contribution in [0.3, 0.4) is 0 Å². The number of ketones is 1. The maximum absolute atomic E-state index is 13.8. The van der Waals surface area contributed by atoms with E-state index in [4.69, 9.17) is 0 Å². The first-order valence-corrected chi connectivity index (χ1v) is 12.7. The minimum Gasteiger partial charge on any atom is -0.352 e. The second-order valence-electron chi connectivity index (χ2n) is 10.7. The molecule has 1 aromatic rings. The molecule has 36 heavy (non-hydrogen) atoms. The number of rotatable bonds is 11. The van der Waals surface area contributed by atoms with Gasteiger partial charge < -0.3 is 26.2 Å². The molecule has 9 nitrogen and oxygen atoms in total. The summed E-state index contributed by atoms with van der Waals surface area (Å²) in [6.07, 6.45) is 1.15. The molecule has 1 heterocycles. The summed E-state index contributed by atoms with van der Waals surface area (Å²) in [5.41, 5.74) is 0.510. The maximum atomic E-state index is 13.8. The molecule has 0 aromatic heterocycles. The van der Waals surface area contributed by atoms with E-state index in [1.54, 1.807) is 14.0 Å². The predicted octanol–water partition coefficient (Wildman–Crippen LogP) is 1.54. The summed E-state index contributed by atoms with van der Waals surface area (Å²) in [5, 5.41) is 12.0. The van der Waals surface area contributed by atoms with Gasteiger partial charge >= 0.3 is 0 Å². The molecule has 0 bridgehead atoms. The van der Waals surface area contributed by atoms with Crippen LogP contribution in [0, 0.1) is 5.41 Å². The van der Waals surface area contributed by atoms with Crippen LogP contribution in [-0.2, 0) is 19.2 Å². The average molecular weight is 502 g/mol. The van der Waals surface area contributed by atoms with E-state index in [1.807, 2.05) is 51.1 Å². The van der Waals surface area contributed by atoms with Crippen LogP contribution < -0.4 is 21.3 Å². The Hall–Kier alpha value is -2.78. The van der Waals surface area contributed by atoms with Crippen LogP contribution in [-0.4, -0.2) is 72.7 Å². The summed E-state index contributed by atoms with van der Waals surface area (Å²) < 4.78 is 0. The molecular weight excluding hydrogens is 458 g/mol. The Labute approximate surface area is 215 Å². The Balaban J connectivity index is 2.24. The Kier molecular flexibility index (Phi) is 10.6. The molecule has 1 aromatic carbocycles. The van der Waals surface area contributed by atoms with Gasteiger partial charge in [0.1, 0.15) is 6.04 Å². The first kappa shape index (κ1) is 29.5. The Morgan fingerprint density at radius 3 is 2.28 bits per heavy atom. The zero-order chi connectivity index (χ0) is 27.0. The fourth-order valence-electron chi connectivity index (χ4n) is 4.51. The largest absolute Gasteiger partial charge is 0.352 e. The number of likely N-dealkylation sites (tertiary alicyclic amines) is 1. The van der Waals surface area contributed by atoms with Crippen molar-refractivity contribution in [3.05, 3.63) is 35.9 Å². The number of carbonyl (C=O) groups excluding carboxylic acids is 4. The van der Waals surface area contributed by atoms with Crippen molar-refractivity contribution in [3.8, 4) is 0 Å². The lowest BCUT2D eigenvalue weighted by Gasteiger charge is -2.36. The number of likely N-dealkylation sites (N-methyl/N-ethyl adjacent to an activating group) is 1. The van der Waals surface area contributed by atoms with E-state index >= 15 is 0 Å². The third kappa shape index (κ3) is 7.86. The van der Waals surface area contributed by atoms with Crippen LogP contribution >= 0.6 is 0 Å². The van der Waals surface area contributed by atoms with Gasteiger partial charge in [0.25, 0.3) is 0 Å². The van der Waals surface area contributed by atoms with E-state index in [0.29, 0.717) is 6.42 Å². The lowest BCUT2D eigenvalue weighted by Crippen LogP contribution is -2.59. The minimum atomic E-state index is -0.826. The van der Waals surface area contributed by atoms with Crippen LogP contribution in [0.25, 0.3) is 0 Å². The molecule has 1 unspecified atom stereocenters. The maximum Gasteiger partial charge on any atom is 0.246 e. The molecule has 1 aliphatic rings.